The minimum atomic E-state index is -0.494. The molecule has 24 heavy (non-hydrogen) atoms. The van der Waals surface area contributed by atoms with Crippen LogP contribution in [-0.4, -0.2) is 26.1 Å². The molecule has 1 aromatic heterocycles. The Balaban J connectivity index is 1.70. The van der Waals surface area contributed by atoms with Gasteiger partial charge in [0.15, 0.2) is 0 Å². The maximum atomic E-state index is 13.7. The van der Waals surface area contributed by atoms with E-state index in [1.54, 1.807) is 37.3 Å². The lowest BCUT2D eigenvalue weighted by Gasteiger charge is -2.06. The zero-order chi connectivity index (χ0) is 17.1. The number of carbonyl (C=O) groups excluding carboxylic acids is 1. The number of halogens is 2. The minimum Gasteiger partial charge on any atom is -0.322 e. The molecule has 2 aromatic carbocycles. The zero-order valence-electron chi connectivity index (χ0n) is 12.7. The first kappa shape index (κ1) is 16.1. The third-order valence-corrected chi connectivity index (χ3v) is 3.58. The summed E-state index contributed by atoms with van der Waals surface area (Å²) in [5.41, 5.74) is 1.50. The van der Waals surface area contributed by atoms with E-state index in [4.69, 9.17) is 11.6 Å². The van der Waals surface area contributed by atoms with Gasteiger partial charge < -0.3 is 5.32 Å². The van der Waals surface area contributed by atoms with Gasteiger partial charge in [0.25, 0.3) is 0 Å². The van der Waals surface area contributed by atoms with Crippen LogP contribution in [0.1, 0.15) is 5.56 Å². The molecule has 0 saturated heterocycles. The number of aromatic nitrogens is 4. The van der Waals surface area contributed by atoms with Gasteiger partial charge in [-0.3, -0.25) is 4.79 Å². The Morgan fingerprint density at radius 1 is 1.29 bits per heavy atom. The molecule has 6 nitrogen and oxygen atoms in total. The van der Waals surface area contributed by atoms with E-state index in [0.29, 0.717) is 16.4 Å². The number of carbonyl (C=O) groups is 1. The van der Waals surface area contributed by atoms with Crippen LogP contribution >= 0.6 is 11.6 Å². The zero-order valence-corrected chi connectivity index (χ0v) is 13.5. The second-order valence-electron chi connectivity index (χ2n) is 5.15. The molecule has 3 aromatic rings. The number of benzene rings is 2. The summed E-state index contributed by atoms with van der Waals surface area (Å²) in [6.07, 6.45) is 0. The van der Waals surface area contributed by atoms with Crippen molar-refractivity contribution in [3.63, 3.8) is 0 Å². The van der Waals surface area contributed by atoms with Crippen molar-refractivity contribution in [2.45, 2.75) is 13.5 Å². The second-order valence-corrected chi connectivity index (χ2v) is 5.56. The van der Waals surface area contributed by atoms with Crippen molar-refractivity contribution in [2.75, 3.05) is 5.32 Å². The van der Waals surface area contributed by atoms with Crippen LogP contribution in [0.2, 0.25) is 5.02 Å². The summed E-state index contributed by atoms with van der Waals surface area (Å²) in [5, 5.41) is 14.8. The summed E-state index contributed by atoms with van der Waals surface area (Å²) in [4.78, 5) is 13.1. The Labute approximate surface area is 142 Å². The topological polar surface area (TPSA) is 72.7 Å². The van der Waals surface area contributed by atoms with E-state index in [1.165, 1.54) is 12.1 Å². The van der Waals surface area contributed by atoms with Gasteiger partial charge in [0, 0.05) is 5.56 Å². The highest BCUT2D eigenvalue weighted by atomic mass is 35.5. The van der Waals surface area contributed by atoms with Crippen molar-refractivity contribution in [1.29, 1.82) is 0 Å². The molecule has 0 aliphatic heterocycles. The molecule has 0 aliphatic rings. The summed E-state index contributed by atoms with van der Waals surface area (Å²) >= 11 is 6.07. The Kier molecular flexibility index (Phi) is 4.52. The second kappa shape index (κ2) is 6.76. The lowest BCUT2D eigenvalue weighted by atomic mass is 10.2. The van der Waals surface area contributed by atoms with Gasteiger partial charge in [0.05, 0.1) is 10.7 Å². The Hall–Kier alpha value is -2.80. The number of amides is 1. The van der Waals surface area contributed by atoms with Gasteiger partial charge in [0.2, 0.25) is 11.7 Å². The molecule has 0 saturated carbocycles. The van der Waals surface area contributed by atoms with E-state index in [0.717, 1.165) is 10.4 Å². The van der Waals surface area contributed by atoms with E-state index < -0.39 is 11.7 Å². The lowest BCUT2D eigenvalue weighted by molar-refractivity contribution is -0.117. The molecule has 1 heterocycles. The molecule has 0 unspecified atom stereocenters. The highest BCUT2D eigenvalue weighted by Crippen LogP contribution is 2.23. The number of aryl methyl sites for hydroxylation is 1. The van der Waals surface area contributed by atoms with Gasteiger partial charge in [-0.1, -0.05) is 29.8 Å². The summed E-state index contributed by atoms with van der Waals surface area (Å²) in [6.45, 7) is 1.58. The van der Waals surface area contributed by atoms with Crippen molar-refractivity contribution in [3.05, 3.63) is 58.9 Å². The van der Waals surface area contributed by atoms with Gasteiger partial charge in [-0.2, -0.15) is 4.80 Å². The number of hydrogen-bond donors (Lipinski definition) is 1. The quantitative estimate of drug-likeness (QED) is 0.788. The van der Waals surface area contributed by atoms with E-state index >= 15 is 0 Å². The van der Waals surface area contributed by atoms with Crippen molar-refractivity contribution >= 4 is 23.2 Å². The van der Waals surface area contributed by atoms with E-state index in [9.17, 15) is 9.18 Å². The van der Waals surface area contributed by atoms with Crippen molar-refractivity contribution in [2.24, 2.45) is 0 Å². The monoisotopic (exact) mass is 345 g/mol. The van der Waals surface area contributed by atoms with Crippen molar-refractivity contribution in [3.8, 4) is 11.4 Å². The third kappa shape index (κ3) is 3.57. The first-order valence-electron chi connectivity index (χ1n) is 7.11. The molecule has 3 rings (SSSR count). The number of rotatable bonds is 4. The normalized spacial score (nSPS) is 10.6. The molecule has 1 amide bonds. The molecule has 0 spiro atoms. The average Bonchev–Trinajstić information content (AvgIpc) is 2.99. The highest BCUT2D eigenvalue weighted by Gasteiger charge is 2.12. The minimum absolute atomic E-state index is 0.108. The number of nitrogens with zero attached hydrogens (tertiary/aromatic N) is 4. The standard InChI is InChI=1S/C16H13ClFN5O/c1-10-6-7-14(13(18)8-10)19-15(24)9-23-21-16(20-22-23)11-4-2-3-5-12(11)17/h2-8H,9H2,1H3,(H,19,24). The maximum Gasteiger partial charge on any atom is 0.248 e. The van der Waals surface area contributed by atoms with Crippen LogP contribution in [0.3, 0.4) is 0 Å². The summed E-state index contributed by atoms with van der Waals surface area (Å²) in [6, 6.07) is 11.6. The number of nitrogens with one attached hydrogen (secondary N) is 1. The third-order valence-electron chi connectivity index (χ3n) is 3.25. The van der Waals surface area contributed by atoms with Gasteiger partial charge >= 0.3 is 0 Å². The van der Waals surface area contributed by atoms with Crippen molar-refractivity contribution in [1.82, 2.24) is 20.2 Å². The fraction of sp³-hybridized carbons (Fsp3) is 0.125. The summed E-state index contributed by atoms with van der Waals surface area (Å²) in [5.74, 6) is -0.637. The summed E-state index contributed by atoms with van der Waals surface area (Å²) in [7, 11) is 0. The first-order chi connectivity index (χ1) is 11.5. The maximum absolute atomic E-state index is 13.7. The van der Waals surface area contributed by atoms with Gasteiger partial charge in [0.1, 0.15) is 12.4 Å². The lowest BCUT2D eigenvalue weighted by Crippen LogP contribution is -2.21. The molecule has 0 bridgehead atoms. The van der Waals surface area contributed by atoms with E-state index in [2.05, 4.69) is 20.7 Å². The Morgan fingerprint density at radius 2 is 2.08 bits per heavy atom. The van der Waals surface area contributed by atoms with E-state index in [1.807, 2.05) is 0 Å². The smallest absolute Gasteiger partial charge is 0.248 e. The van der Waals surface area contributed by atoms with Crippen molar-refractivity contribution < 1.29 is 9.18 Å². The molecule has 1 N–H and O–H groups in total. The molecule has 122 valence electrons. The first-order valence-corrected chi connectivity index (χ1v) is 7.49. The predicted molar refractivity (Wildman–Crippen MR) is 88.0 cm³/mol. The van der Waals surface area contributed by atoms with Crippen LogP contribution in [0, 0.1) is 12.7 Å². The average molecular weight is 346 g/mol. The van der Waals surface area contributed by atoms with Crippen LogP contribution in [0.25, 0.3) is 11.4 Å². The Morgan fingerprint density at radius 3 is 2.83 bits per heavy atom. The molecule has 8 heteroatoms. The molecular formula is C16H13ClFN5O. The van der Waals surface area contributed by atoms with Gasteiger partial charge in [-0.15, -0.1) is 10.2 Å². The SMILES string of the molecule is Cc1ccc(NC(=O)Cn2nnc(-c3ccccc3Cl)n2)c(F)c1. The van der Waals surface area contributed by atoms with Crippen LogP contribution < -0.4 is 5.32 Å². The predicted octanol–water partition coefficient (Wildman–Crippen LogP) is 3.08. The largest absolute Gasteiger partial charge is 0.322 e. The molecular weight excluding hydrogens is 333 g/mol. The summed E-state index contributed by atoms with van der Waals surface area (Å²) < 4.78 is 13.7. The number of tetrazole rings is 1. The van der Waals surface area contributed by atoms with Crippen LogP contribution in [0.5, 0.6) is 0 Å². The van der Waals surface area contributed by atoms with Crippen LogP contribution in [-0.2, 0) is 11.3 Å². The van der Waals surface area contributed by atoms with Crippen LogP contribution in [0.15, 0.2) is 42.5 Å². The molecule has 0 aliphatic carbocycles. The molecule has 0 fully saturated rings. The number of hydrogen-bond acceptors (Lipinski definition) is 4. The fourth-order valence-corrected chi connectivity index (χ4v) is 2.32. The van der Waals surface area contributed by atoms with E-state index in [-0.39, 0.29) is 12.2 Å². The van der Waals surface area contributed by atoms with Crippen LogP contribution in [0.4, 0.5) is 10.1 Å². The fourth-order valence-electron chi connectivity index (χ4n) is 2.10. The Bertz CT molecular complexity index is 896. The molecule has 0 radical (unpaired) electrons. The van der Waals surface area contributed by atoms with Gasteiger partial charge in [-0.05, 0) is 42.0 Å². The highest BCUT2D eigenvalue weighted by molar-refractivity contribution is 6.33. The molecule has 0 atom stereocenters. The number of anilines is 1. The van der Waals surface area contributed by atoms with Gasteiger partial charge in [-0.25, -0.2) is 4.39 Å².